The monoisotopic (exact) mass is 270 g/mol. The molecule has 0 aromatic rings. The third kappa shape index (κ3) is 2.99. The highest BCUT2D eigenvalue weighted by atomic mass is 32.2. The summed E-state index contributed by atoms with van der Waals surface area (Å²) in [5, 5.41) is 3.44. The van der Waals surface area contributed by atoms with Crippen molar-refractivity contribution in [3.05, 3.63) is 0 Å². The number of carbonyl (C=O) groups is 2. The zero-order valence-electron chi connectivity index (χ0n) is 11.1. The number of nitrogens with zero attached hydrogens (tertiary/aromatic N) is 1. The van der Waals surface area contributed by atoms with Crippen molar-refractivity contribution in [1.82, 2.24) is 10.2 Å². The van der Waals surface area contributed by atoms with Gasteiger partial charge in [-0.05, 0) is 31.9 Å². The molecule has 102 valence electrons. The van der Waals surface area contributed by atoms with E-state index in [0.717, 1.165) is 18.6 Å². The van der Waals surface area contributed by atoms with E-state index in [1.807, 2.05) is 16.7 Å². The molecule has 2 amide bonds. The molecule has 3 unspecified atom stereocenters. The number of amides is 2. The zero-order chi connectivity index (χ0) is 13.1. The first-order chi connectivity index (χ1) is 8.61. The Morgan fingerprint density at radius 3 is 2.89 bits per heavy atom. The summed E-state index contributed by atoms with van der Waals surface area (Å²) >= 11 is 1.99. The number of thioether (sulfide) groups is 1. The van der Waals surface area contributed by atoms with Crippen LogP contribution < -0.4 is 5.32 Å². The van der Waals surface area contributed by atoms with E-state index in [0.29, 0.717) is 24.3 Å². The van der Waals surface area contributed by atoms with Crippen LogP contribution in [0.25, 0.3) is 0 Å². The molecule has 2 aliphatic rings. The van der Waals surface area contributed by atoms with Crippen molar-refractivity contribution in [1.29, 1.82) is 0 Å². The Hall–Kier alpha value is -0.710. The third-order valence-corrected chi connectivity index (χ3v) is 5.04. The maximum absolute atomic E-state index is 12.2. The zero-order valence-corrected chi connectivity index (χ0v) is 12.0. The molecule has 2 rings (SSSR count). The van der Waals surface area contributed by atoms with Crippen LogP contribution in [0.1, 0.15) is 39.5 Å². The summed E-state index contributed by atoms with van der Waals surface area (Å²) in [6, 6.07) is -0.0189. The first-order valence-electron chi connectivity index (χ1n) is 6.83. The van der Waals surface area contributed by atoms with Crippen LogP contribution in [-0.2, 0) is 9.59 Å². The molecule has 0 spiro atoms. The predicted octanol–water partition coefficient (Wildman–Crippen LogP) is 1.40. The van der Waals surface area contributed by atoms with Crippen LogP contribution in [0.4, 0.5) is 0 Å². The Balaban J connectivity index is 1.99. The molecule has 0 aromatic heterocycles. The summed E-state index contributed by atoms with van der Waals surface area (Å²) in [6.45, 7) is 4.55. The summed E-state index contributed by atoms with van der Waals surface area (Å²) in [4.78, 5) is 25.7. The van der Waals surface area contributed by atoms with E-state index in [1.165, 1.54) is 6.42 Å². The molecule has 1 aliphatic heterocycles. The van der Waals surface area contributed by atoms with Crippen molar-refractivity contribution in [3.63, 3.8) is 0 Å². The normalized spacial score (nSPS) is 33.4. The van der Waals surface area contributed by atoms with E-state index in [9.17, 15) is 9.59 Å². The Morgan fingerprint density at radius 1 is 1.39 bits per heavy atom. The highest BCUT2D eigenvalue weighted by molar-refractivity contribution is 7.99. The highest BCUT2D eigenvalue weighted by Crippen LogP contribution is 2.33. The maximum atomic E-state index is 12.2. The van der Waals surface area contributed by atoms with Crippen LogP contribution in [0.5, 0.6) is 0 Å². The van der Waals surface area contributed by atoms with E-state index >= 15 is 0 Å². The molecule has 0 aromatic carbocycles. The van der Waals surface area contributed by atoms with E-state index in [-0.39, 0.29) is 17.9 Å². The number of hydrogen-bond acceptors (Lipinski definition) is 3. The first-order valence-corrected chi connectivity index (χ1v) is 7.88. The molecule has 1 saturated heterocycles. The van der Waals surface area contributed by atoms with Gasteiger partial charge in [-0.2, -0.15) is 11.8 Å². The van der Waals surface area contributed by atoms with Crippen LogP contribution in [0.15, 0.2) is 0 Å². The average Bonchev–Trinajstić information content (AvgIpc) is 2.73. The van der Waals surface area contributed by atoms with Gasteiger partial charge in [0.05, 0.1) is 0 Å². The minimum Gasteiger partial charge on any atom is -0.345 e. The van der Waals surface area contributed by atoms with Gasteiger partial charge in [0.25, 0.3) is 0 Å². The topological polar surface area (TPSA) is 49.4 Å². The molecule has 2 fully saturated rings. The van der Waals surface area contributed by atoms with E-state index in [4.69, 9.17) is 0 Å². The Bertz CT molecular complexity index is 335. The van der Waals surface area contributed by atoms with Crippen LogP contribution >= 0.6 is 11.8 Å². The molecular weight excluding hydrogens is 248 g/mol. The summed E-state index contributed by atoms with van der Waals surface area (Å²) in [7, 11) is 0. The van der Waals surface area contributed by atoms with E-state index in [2.05, 4.69) is 12.2 Å². The first kappa shape index (κ1) is 13.7. The van der Waals surface area contributed by atoms with Crippen molar-refractivity contribution in [2.45, 2.75) is 56.9 Å². The molecule has 1 N–H and O–H groups in total. The van der Waals surface area contributed by atoms with Crippen molar-refractivity contribution in [2.24, 2.45) is 0 Å². The maximum Gasteiger partial charge on any atom is 0.245 e. The van der Waals surface area contributed by atoms with Crippen LogP contribution in [0.3, 0.4) is 0 Å². The van der Waals surface area contributed by atoms with Gasteiger partial charge in [0.1, 0.15) is 6.04 Å². The van der Waals surface area contributed by atoms with Crippen molar-refractivity contribution < 1.29 is 9.59 Å². The quantitative estimate of drug-likeness (QED) is 0.843. The van der Waals surface area contributed by atoms with Crippen molar-refractivity contribution in [3.8, 4) is 0 Å². The molecular formula is C13H22N2O2S. The lowest BCUT2D eigenvalue weighted by Gasteiger charge is -2.29. The second-order valence-electron chi connectivity index (χ2n) is 5.12. The third-order valence-electron chi connectivity index (χ3n) is 3.81. The molecule has 1 saturated carbocycles. The molecule has 5 heteroatoms. The van der Waals surface area contributed by atoms with Crippen molar-refractivity contribution in [2.75, 3.05) is 12.3 Å². The second kappa shape index (κ2) is 5.95. The fourth-order valence-electron chi connectivity index (χ4n) is 2.91. The molecule has 1 heterocycles. The molecule has 1 aliphatic carbocycles. The Kier molecular flexibility index (Phi) is 4.54. The van der Waals surface area contributed by atoms with Crippen molar-refractivity contribution >= 4 is 23.6 Å². The number of rotatable bonds is 3. The van der Waals surface area contributed by atoms with E-state index < -0.39 is 0 Å². The van der Waals surface area contributed by atoms with Gasteiger partial charge in [-0.25, -0.2) is 0 Å². The second-order valence-corrected chi connectivity index (χ2v) is 6.69. The SMILES string of the molecule is CCSC1CCC(N2CCC(=O)NC(C)C2=O)C1. The van der Waals surface area contributed by atoms with Gasteiger partial charge >= 0.3 is 0 Å². The summed E-state index contributed by atoms with van der Waals surface area (Å²) in [6.07, 6.45) is 3.82. The molecule has 3 atom stereocenters. The van der Waals surface area contributed by atoms with Gasteiger partial charge in [0.2, 0.25) is 11.8 Å². The van der Waals surface area contributed by atoms with Gasteiger partial charge in [0, 0.05) is 24.3 Å². The van der Waals surface area contributed by atoms with Gasteiger partial charge in [0.15, 0.2) is 0 Å². The van der Waals surface area contributed by atoms with Gasteiger partial charge < -0.3 is 10.2 Å². The highest BCUT2D eigenvalue weighted by Gasteiger charge is 2.35. The van der Waals surface area contributed by atoms with Gasteiger partial charge in [-0.1, -0.05) is 6.92 Å². The van der Waals surface area contributed by atoms with E-state index in [1.54, 1.807) is 6.92 Å². The molecule has 18 heavy (non-hydrogen) atoms. The van der Waals surface area contributed by atoms with Crippen LogP contribution in [-0.4, -0.2) is 46.3 Å². The fourth-order valence-corrected chi connectivity index (χ4v) is 4.04. The van der Waals surface area contributed by atoms with Gasteiger partial charge in [-0.15, -0.1) is 0 Å². The lowest BCUT2D eigenvalue weighted by Crippen LogP contribution is -2.46. The summed E-state index contributed by atoms with van der Waals surface area (Å²) in [5.74, 6) is 1.23. The summed E-state index contributed by atoms with van der Waals surface area (Å²) < 4.78 is 0. The minimum absolute atomic E-state index is 0.00386. The minimum atomic E-state index is -0.363. The Labute approximate surface area is 113 Å². The lowest BCUT2D eigenvalue weighted by atomic mass is 10.2. The number of hydrogen-bond donors (Lipinski definition) is 1. The largest absolute Gasteiger partial charge is 0.345 e. The molecule has 0 radical (unpaired) electrons. The summed E-state index contributed by atoms with van der Waals surface area (Å²) in [5.41, 5.74) is 0. The molecule has 4 nitrogen and oxygen atoms in total. The predicted molar refractivity (Wildman–Crippen MR) is 73.5 cm³/mol. The van der Waals surface area contributed by atoms with Gasteiger partial charge in [-0.3, -0.25) is 9.59 Å². The number of nitrogens with one attached hydrogen (secondary N) is 1. The lowest BCUT2D eigenvalue weighted by molar-refractivity contribution is -0.135. The standard InChI is InChI=1S/C13H22N2O2S/c1-3-18-11-5-4-10(8-11)15-7-6-12(16)14-9(2)13(15)17/h9-11H,3-8H2,1-2H3,(H,14,16). The van der Waals surface area contributed by atoms with Crippen LogP contribution in [0.2, 0.25) is 0 Å². The van der Waals surface area contributed by atoms with Crippen LogP contribution in [0, 0.1) is 0 Å². The molecule has 0 bridgehead atoms. The number of carbonyl (C=O) groups excluding carboxylic acids is 2. The Morgan fingerprint density at radius 2 is 2.17 bits per heavy atom. The smallest absolute Gasteiger partial charge is 0.245 e. The average molecular weight is 270 g/mol. The fraction of sp³-hybridized carbons (Fsp3) is 0.846.